The quantitative estimate of drug-likeness (QED) is 0.266. The molecule has 1 fully saturated rings. The summed E-state index contributed by atoms with van der Waals surface area (Å²) >= 11 is 4.68. The fourth-order valence-electron chi connectivity index (χ4n) is 2.72. The molecule has 1 aliphatic heterocycles. The molecule has 0 spiro atoms. The Labute approximate surface area is 185 Å². The van der Waals surface area contributed by atoms with Gasteiger partial charge in [0.2, 0.25) is 0 Å². The van der Waals surface area contributed by atoms with Gasteiger partial charge in [-0.05, 0) is 65.4 Å². The Bertz CT molecular complexity index is 1140. The zero-order valence-electron chi connectivity index (χ0n) is 15.5. The van der Waals surface area contributed by atoms with Crippen molar-refractivity contribution in [1.82, 2.24) is 4.90 Å². The first-order valence-corrected chi connectivity index (χ1v) is 10.6. The number of thioether (sulfide) groups is 1. The number of halogens is 2. The Morgan fingerprint density at radius 1 is 1.10 bits per heavy atom. The Morgan fingerprint density at radius 2 is 1.93 bits per heavy atom. The van der Waals surface area contributed by atoms with Crippen molar-refractivity contribution in [2.24, 2.45) is 10.2 Å². The van der Waals surface area contributed by atoms with Crippen LogP contribution in [0.3, 0.4) is 0 Å². The lowest BCUT2D eigenvalue weighted by Gasteiger charge is -2.12. The minimum Gasteiger partial charge on any atom is -0.467 e. The molecule has 0 aliphatic carbocycles. The van der Waals surface area contributed by atoms with Crippen LogP contribution in [0.1, 0.15) is 16.9 Å². The Balaban J connectivity index is 1.61. The molecule has 1 saturated heterocycles. The summed E-state index contributed by atoms with van der Waals surface area (Å²) in [5.41, 5.74) is 1.60. The molecular weight excluding hydrogens is 469 g/mol. The predicted molar refractivity (Wildman–Crippen MR) is 120 cm³/mol. The highest BCUT2D eigenvalue weighted by atomic mass is 79.9. The number of rotatable bonds is 5. The number of nitrogens with zero attached hydrogens (tertiary/aromatic N) is 3. The third kappa shape index (κ3) is 4.95. The molecule has 0 radical (unpaired) electrons. The molecule has 5 nitrogen and oxygen atoms in total. The van der Waals surface area contributed by atoms with E-state index in [1.54, 1.807) is 30.5 Å². The van der Waals surface area contributed by atoms with E-state index in [0.717, 1.165) is 10.0 Å². The minimum absolute atomic E-state index is 0.174. The molecule has 4 rings (SSSR count). The number of carbonyl (C=O) groups excluding carboxylic acids is 1. The fraction of sp³-hybridized carbons (Fsp3) is 0.0455. The second-order valence-electron chi connectivity index (χ2n) is 6.32. The standard InChI is InChI=1S/C22H15BrFN3O2S/c23-17-4-1-3-16(11-17)12-20-21(28)27(14-19-5-2-10-29-19)22(30-20)26-25-13-15-6-8-18(24)9-7-15/h1-13H,14H2/b20-12-,25-13-,26-22+. The van der Waals surface area contributed by atoms with Crippen LogP contribution in [-0.4, -0.2) is 22.2 Å². The van der Waals surface area contributed by atoms with Crippen LogP contribution < -0.4 is 0 Å². The molecule has 0 bridgehead atoms. The van der Waals surface area contributed by atoms with Crippen LogP contribution in [-0.2, 0) is 11.3 Å². The van der Waals surface area contributed by atoms with Gasteiger partial charge in [-0.1, -0.05) is 40.2 Å². The van der Waals surface area contributed by atoms with Gasteiger partial charge in [0.15, 0.2) is 5.17 Å². The van der Waals surface area contributed by atoms with Crippen molar-refractivity contribution in [2.75, 3.05) is 0 Å². The van der Waals surface area contributed by atoms with Crippen molar-refractivity contribution in [2.45, 2.75) is 6.54 Å². The Kier molecular flexibility index (Phi) is 6.25. The third-order valence-electron chi connectivity index (χ3n) is 4.15. The van der Waals surface area contributed by atoms with Gasteiger partial charge in [-0.25, -0.2) is 4.39 Å². The van der Waals surface area contributed by atoms with E-state index in [2.05, 4.69) is 26.1 Å². The van der Waals surface area contributed by atoms with Crippen LogP contribution in [0, 0.1) is 5.82 Å². The number of hydrogen-bond donors (Lipinski definition) is 0. The first-order chi connectivity index (χ1) is 14.6. The van der Waals surface area contributed by atoms with Gasteiger partial charge in [0.25, 0.3) is 5.91 Å². The van der Waals surface area contributed by atoms with Crippen LogP contribution in [0.15, 0.2) is 90.9 Å². The highest BCUT2D eigenvalue weighted by molar-refractivity contribution is 9.10. The second kappa shape index (κ2) is 9.23. The van der Waals surface area contributed by atoms with Crippen LogP contribution in [0.4, 0.5) is 4.39 Å². The van der Waals surface area contributed by atoms with Gasteiger partial charge in [0, 0.05) is 4.47 Å². The average molecular weight is 484 g/mol. The molecule has 150 valence electrons. The molecule has 8 heteroatoms. The van der Waals surface area contributed by atoms with E-state index in [0.29, 0.717) is 21.4 Å². The highest BCUT2D eigenvalue weighted by Crippen LogP contribution is 2.34. The van der Waals surface area contributed by atoms with Crippen molar-refractivity contribution in [1.29, 1.82) is 0 Å². The molecule has 0 N–H and O–H groups in total. The molecule has 1 amide bonds. The SMILES string of the molecule is O=C1/C(=C/c2cccc(Br)c2)S/C(=N/N=C\c2ccc(F)cc2)N1Cc1ccco1. The number of amides is 1. The van der Waals surface area contributed by atoms with Crippen LogP contribution in [0.2, 0.25) is 0 Å². The molecule has 0 saturated carbocycles. The summed E-state index contributed by atoms with van der Waals surface area (Å²) in [7, 11) is 0. The van der Waals surface area contributed by atoms with Gasteiger partial charge in [0.1, 0.15) is 11.6 Å². The summed E-state index contributed by atoms with van der Waals surface area (Å²) in [5, 5.41) is 8.76. The number of amidine groups is 1. The first kappa shape index (κ1) is 20.3. The molecule has 0 unspecified atom stereocenters. The Hall–Kier alpha value is -2.97. The summed E-state index contributed by atoms with van der Waals surface area (Å²) in [5.74, 6) is 0.150. The lowest BCUT2D eigenvalue weighted by Crippen LogP contribution is -2.28. The maximum Gasteiger partial charge on any atom is 0.267 e. The van der Waals surface area contributed by atoms with E-state index in [1.165, 1.54) is 35.0 Å². The monoisotopic (exact) mass is 483 g/mol. The van der Waals surface area contributed by atoms with Crippen molar-refractivity contribution >= 4 is 51.1 Å². The van der Waals surface area contributed by atoms with Gasteiger partial charge in [-0.15, -0.1) is 5.10 Å². The summed E-state index contributed by atoms with van der Waals surface area (Å²) in [6, 6.07) is 17.2. The Morgan fingerprint density at radius 3 is 2.67 bits per heavy atom. The topological polar surface area (TPSA) is 58.2 Å². The predicted octanol–water partition coefficient (Wildman–Crippen LogP) is 5.69. The maximum absolute atomic E-state index is 13.0. The maximum atomic E-state index is 13.0. The molecule has 3 aromatic rings. The smallest absolute Gasteiger partial charge is 0.267 e. The van der Waals surface area contributed by atoms with Crippen LogP contribution in [0.5, 0.6) is 0 Å². The van der Waals surface area contributed by atoms with Gasteiger partial charge in [-0.2, -0.15) is 5.10 Å². The minimum atomic E-state index is -0.317. The normalized spacial score (nSPS) is 17.0. The summed E-state index contributed by atoms with van der Waals surface area (Å²) in [4.78, 5) is 15.1. The average Bonchev–Trinajstić information content (AvgIpc) is 3.34. The molecule has 1 aliphatic rings. The first-order valence-electron chi connectivity index (χ1n) is 8.94. The van der Waals surface area contributed by atoms with E-state index < -0.39 is 0 Å². The van der Waals surface area contributed by atoms with Crippen molar-refractivity contribution < 1.29 is 13.6 Å². The number of carbonyl (C=O) groups is 1. The van der Waals surface area contributed by atoms with E-state index in [4.69, 9.17) is 4.42 Å². The van der Waals surface area contributed by atoms with Gasteiger partial charge in [0.05, 0.1) is 23.9 Å². The summed E-state index contributed by atoms with van der Waals surface area (Å²) in [6.45, 7) is 0.250. The van der Waals surface area contributed by atoms with E-state index in [-0.39, 0.29) is 18.3 Å². The lowest BCUT2D eigenvalue weighted by atomic mass is 10.2. The summed E-state index contributed by atoms with van der Waals surface area (Å²) in [6.07, 6.45) is 4.89. The molecule has 0 atom stereocenters. The second-order valence-corrected chi connectivity index (χ2v) is 8.24. The number of hydrogen-bond acceptors (Lipinski definition) is 5. The lowest BCUT2D eigenvalue weighted by molar-refractivity contribution is -0.122. The number of benzene rings is 2. The van der Waals surface area contributed by atoms with E-state index in [9.17, 15) is 9.18 Å². The number of furan rings is 1. The van der Waals surface area contributed by atoms with Gasteiger partial charge < -0.3 is 4.42 Å². The van der Waals surface area contributed by atoms with Crippen molar-refractivity contribution in [3.63, 3.8) is 0 Å². The van der Waals surface area contributed by atoms with Crippen molar-refractivity contribution in [3.8, 4) is 0 Å². The van der Waals surface area contributed by atoms with Crippen molar-refractivity contribution in [3.05, 3.63) is 99.0 Å². The largest absolute Gasteiger partial charge is 0.467 e. The van der Waals surface area contributed by atoms with Crippen LogP contribution in [0.25, 0.3) is 6.08 Å². The van der Waals surface area contributed by atoms with Crippen LogP contribution >= 0.6 is 27.7 Å². The van der Waals surface area contributed by atoms with E-state index >= 15 is 0 Å². The van der Waals surface area contributed by atoms with Gasteiger partial charge >= 0.3 is 0 Å². The molecular formula is C22H15BrFN3O2S. The van der Waals surface area contributed by atoms with E-state index in [1.807, 2.05) is 30.3 Å². The molecule has 2 heterocycles. The highest BCUT2D eigenvalue weighted by Gasteiger charge is 2.34. The summed E-state index contributed by atoms with van der Waals surface area (Å²) < 4.78 is 19.4. The zero-order valence-corrected chi connectivity index (χ0v) is 17.9. The molecule has 2 aromatic carbocycles. The molecule has 30 heavy (non-hydrogen) atoms. The third-order valence-corrected chi connectivity index (χ3v) is 5.64. The molecule has 1 aromatic heterocycles. The fourth-order valence-corrected chi connectivity index (χ4v) is 4.07. The zero-order chi connectivity index (χ0) is 20.9. The van der Waals surface area contributed by atoms with Gasteiger partial charge in [-0.3, -0.25) is 9.69 Å².